The van der Waals surface area contributed by atoms with Crippen LogP contribution in [-0.4, -0.2) is 22.8 Å². The van der Waals surface area contributed by atoms with Crippen molar-refractivity contribution in [3.8, 4) is 0 Å². The molecule has 2 aliphatic rings. The lowest BCUT2D eigenvalue weighted by Gasteiger charge is -2.35. The van der Waals surface area contributed by atoms with Crippen molar-refractivity contribution in [2.45, 2.75) is 52.2 Å². The van der Waals surface area contributed by atoms with Crippen LogP contribution in [0, 0.1) is 17.3 Å². The molecule has 0 amide bonds. The second kappa shape index (κ2) is 2.97. The van der Waals surface area contributed by atoms with Crippen LogP contribution in [0.5, 0.6) is 0 Å². The van der Waals surface area contributed by atoms with Gasteiger partial charge in [0.1, 0.15) is 6.10 Å². The first-order valence-corrected chi connectivity index (χ1v) is 5.65. The van der Waals surface area contributed by atoms with E-state index in [4.69, 9.17) is 4.74 Å². The predicted octanol–water partition coefficient (Wildman–Crippen LogP) is 1.74. The number of carbonyl (C=O) groups is 1. The molecule has 0 aromatic carbocycles. The topological polar surface area (TPSA) is 46.5 Å². The highest BCUT2D eigenvalue weighted by Gasteiger charge is 2.64. The van der Waals surface area contributed by atoms with Crippen molar-refractivity contribution in [1.82, 2.24) is 0 Å². The normalized spacial score (nSPS) is 46.9. The molecule has 15 heavy (non-hydrogen) atoms. The molecule has 86 valence electrons. The summed E-state index contributed by atoms with van der Waals surface area (Å²) in [5, 5.41) is 10.2. The van der Waals surface area contributed by atoms with Crippen molar-refractivity contribution in [1.29, 1.82) is 0 Å². The summed E-state index contributed by atoms with van der Waals surface area (Å²) < 4.78 is 5.21. The molecule has 2 fully saturated rings. The second-order valence-corrected chi connectivity index (χ2v) is 5.93. The monoisotopic (exact) mass is 212 g/mol. The van der Waals surface area contributed by atoms with Crippen LogP contribution in [0.1, 0.15) is 40.5 Å². The van der Waals surface area contributed by atoms with Gasteiger partial charge in [0.25, 0.3) is 0 Å². The zero-order valence-corrected chi connectivity index (χ0v) is 9.91. The Morgan fingerprint density at radius 2 is 1.93 bits per heavy atom. The molecule has 3 heteroatoms. The lowest BCUT2D eigenvalue weighted by Crippen LogP contribution is -2.45. The molecule has 0 radical (unpaired) electrons. The number of hydrogen-bond acceptors (Lipinski definition) is 3. The molecule has 2 saturated carbocycles. The van der Waals surface area contributed by atoms with Gasteiger partial charge in [-0.2, -0.15) is 0 Å². The highest BCUT2D eigenvalue weighted by Crippen LogP contribution is 2.66. The SMILES string of the molecule is CC(=O)O[C@H]1C[C@H]2[C@H](C[C@]1(C)O)C2(C)C. The lowest BCUT2D eigenvalue weighted by molar-refractivity contribution is -0.166. The van der Waals surface area contributed by atoms with E-state index in [2.05, 4.69) is 13.8 Å². The first-order valence-electron chi connectivity index (χ1n) is 5.65. The fourth-order valence-corrected chi connectivity index (χ4v) is 3.17. The van der Waals surface area contributed by atoms with Gasteiger partial charge in [0, 0.05) is 6.92 Å². The number of carbonyl (C=O) groups excluding carboxylic acids is 1. The molecule has 0 spiro atoms. The molecule has 1 N–H and O–H groups in total. The summed E-state index contributed by atoms with van der Waals surface area (Å²) >= 11 is 0. The third-order valence-corrected chi connectivity index (χ3v) is 4.39. The molecule has 2 aliphatic carbocycles. The Labute approximate surface area is 90.8 Å². The molecule has 0 bridgehead atoms. The summed E-state index contributed by atoms with van der Waals surface area (Å²) in [7, 11) is 0. The van der Waals surface area contributed by atoms with E-state index in [1.54, 1.807) is 6.92 Å². The third-order valence-electron chi connectivity index (χ3n) is 4.39. The Morgan fingerprint density at radius 1 is 1.33 bits per heavy atom. The quantitative estimate of drug-likeness (QED) is 0.673. The molecule has 0 unspecified atom stereocenters. The van der Waals surface area contributed by atoms with Gasteiger partial charge in [-0.1, -0.05) is 13.8 Å². The summed E-state index contributed by atoms with van der Waals surface area (Å²) in [6.45, 7) is 7.65. The van der Waals surface area contributed by atoms with Crippen LogP contribution in [0.4, 0.5) is 0 Å². The van der Waals surface area contributed by atoms with Crippen LogP contribution in [0.3, 0.4) is 0 Å². The molecular formula is C12H20O3. The maximum absolute atomic E-state index is 10.9. The van der Waals surface area contributed by atoms with E-state index >= 15 is 0 Å². The Balaban J connectivity index is 2.10. The third kappa shape index (κ3) is 1.67. The molecule has 0 saturated heterocycles. The van der Waals surface area contributed by atoms with Crippen LogP contribution in [0.25, 0.3) is 0 Å². The molecule has 0 aromatic heterocycles. The predicted molar refractivity (Wildman–Crippen MR) is 56.2 cm³/mol. The van der Waals surface area contributed by atoms with Gasteiger partial charge in [-0.15, -0.1) is 0 Å². The number of esters is 1. The zero-order chi connectivity index (χ0) is 11.4. The second-order valence-electron chi connectivity index (χ2n) is 5.93. The van der Waals surface area contributed by atoms with Gasteiger partial charge >= 0.3 is 5.97 Å². The van der Waals surface area contributed by atoms with Gasteiger partial charge in [-0.05, 0) is 37.0 Å². The Morgan fingerprint density at radius 3 is 2.47 bits per heavy atom. The largest absolute Gasteiger partial charge is 0.459 e. The fraction of sp³-hybridized carbons (Fsp3) is 0.917. The van der Waals surface area contributed by atoms with Gasteiger partial charge in [-0.3, -0.25) is 4.79 Å². The van der Waals surface area contributed by atoms with E-state index in [-0.39, 0.29) is 12.1 Å². The first kappa shape index (κ1) is 10.9. The maximum Gasteiger partial charge on any atom is 0.303 e. The summed E-state index contributed by atoms with van der Waals surface area (Å²) in [5.41, 5.74) is -0.528. The van der Waals surface area contributed by atoms with Crippen LogP contribution < -0.4 is 0 Å². The highest BCUT2D eigenvalue weighted by molar-refractivity contribution is 5.66. The number of ether oxygens (including phenoxy) is 1. The van der Waals surface area contributed by atoms with E-state index < -0.39 is 5.60 Å². The minimum atomic E-state index is -0.847. The molecule has 3 nitrogen and oxygen atoms in total. The van der Waals surface area contributed by atoms with Crippen molar-refractivity contribution in [2.24, 2.45) is 17.3 Å². The van der Waals surface area contributed by atoms with Crippen LogP contribution in [0.2, 0.25) is 0 Å². The Hall–Kier alpha value is -0.570. The van der Waals surface area contributed by atoms with Gasteiger partial charge in [0.05, 0.1) is 5.60 Å². The Kier molecular flexibility index (Phi) is 2.16. The van der Waals surface area contributed by atoms with Gasteiger partial charge in [0.2, 0.25) is 0 Å². The van der Waals surface area contributed by atoms with Crippen LogP contribution in [0.15, 0.2) is 0 Å². The molecular weight excluding hydrogens is 192 g/mol. The first-order chi connectivity index (χ1) is 6.75. The number of hydrogen-bond donors (Lipinski definition) is 1. The Bertz CT molecular complexity index is 293. The lowest BCUT2D eigenvalue weighted by atomic mass is 9.84. The zero-order valence-electron chi connectivity index (χ0n) is 9.91. The summed E-state index contributed by atoms with van der Waals surface area (Å²) in [6.07, 6.45) is 1.24. The number of fused-ring (bicyclic) bond motifs is 1. The average molecular weight is 212 g/mol. The van der Waals surface area contributed by atoms with E-state index in [0.717, 1.165) is 12.8 Å². The molecule has 0 aromatic rings. The highest BCUT2D eigenvalue weighted by atomic mass is 16.6. The summed E-state index contributed by atoms with van der Waals surface area (Å²) in [5.74, 6) is 0.915. The molecule has 0 heterocycles. The minimum absolute atomic E-state index is 0.294. The fourth-order valence-electron chi connectivity index (χ4n) is 3.17. The van der Waals surface area contributed by atoms with Gasteiger partial charge in [0.15, 0.2) is 0 Å². The standard InChI is InChI=1S/C12H20O3/c1-7(13)15-10-5-8-9(11(8,2)3)6-12(10,4)14/h8-10,14H,5-6H2,1-4H3/t8-,9-,10-,12-/m0/s1. The minimum Gasteiger partial charge on any atom is -0.459 e. The van der Waals surface area contributed by atoms with Crippen molar-refractivity contribution in [3.63, 3.8) is 0 Å². The van der Waals surface area contributed by atoms with Crippen molar-refractivity contribution in [3.05, 3.63) is 0 Å². The van der Waals surface area contributed by atoms with E-state index in [9.17, 15) is 9.90 Å². The molecule has 4 atom stereocenters. The van der Waals surface area contributed by atoms with Crippen molar-refractivity contribution in [2.75, 3.05) is 0 Å². The van der Waals surface area contributed by atoms with Crippen molar-refractivity contribution >= 4 is 5.97 Å². The number of aliphatic hydroxyl groups is 1. The number of rotatable bonds is 1. The van der Waals surface area contributed by atoms with Gasteiger partial charge in [-0.25, -0.2) is 0 Å². The van der Waals surface area contributed by atoms with Crippen LogP contribution >= 0.6 is 0 Å². The van der Waals surface area contributed by atoms with Gasteiger partial charge < -0.3 is 9.84 Å². The van der Waals surface area contributed by atoms with E-state index in [1.165, 1.54) is 6.92 Å². The summed E-state index contributed by atoms with van der Waals surface area (Å²) in [4.78, 5) is 10.9. The van der Waals surface area contributed by atoms with E-state index in [0.29, 0.717) is 17.3 Å². The molecule has 0 aliphatic heterocycles. The molecule has 2 rings (SSSR count). The van der Waals surface area contributed by atoms with Crippen molar-refractivity contribution < 1.29 is 14.6 Å². The van der Waals surface area contributed by atoms with E-state index in [1.807, 2.05) is 0 Å². The maximum atomic E-state index is 10.9. The average Bonchev–Trinajstić information content (AvgIpc) is 2.52. The van der Waals surface area contributed by atoms with Crippen LogP contribution in [-0.2, 0) is 9.53 Å². The smallest absolute Gasteiger partial charge is 0.303 e. The summed E-state index contributed by atoms with van der Waals surface area (Å²) in [6, 6.07) is 0.